The highest BCUT2D eigenvalue weighted by atomic mass is 79.9. The van der Waals surface area contributed by atoms with Crippen LogP contribution in [0.3, 0.4) is 0 Å². The molecule has 20 heavy (non-hydrogen) atoms. The van der Waals surface area contributed by atoms with Gasteiger partial charge in [-0.3, -0.25) is 4.79 Å². The molecule has 0 spiro atoms. The first-order valence-electron chi connectivity index (χ1n) is 5.95. The van der Waals surface area contributed by atoms with Crippen LogP contribution in [0.5, 0.6) is 0 Å². The Hall–Kier alpha value is -1.72. The fourth-order valence-corrected chi connectivity index (χ4v) is 2.21. The predicted molar refractivity (Wildman–Crippen MR) is 89.2 cm³/mol. The Labute approximate surface area is 131 Å². The average Bonchev–Trinajstić information content (AvgIpc) is 2.43. The number of benzene rings is 2. The van der Waals surface area contributed by atoms with Gasteiger partial charge in [0.25, 0.3) is 5.91 Å². The van der Waals surface area contributed by atoms with Crippen LogP contribution in [-0.4, -0.2) is 10.9 Å². The Balaban J connectivity index is 2.19. The van der Waals surface area contributed by atoms with Gasteiger partial charge in [-0.25, -0.2) is 0 Å². The average molecular weight is 349 g/mol. The molecule has 0 aromatic heterocycles. The summed E-state index contributed by atoms with van der Waals surface area (Å²) in [6, 6.07) is 12.6. The lowest BCUT2D eigenvalue weighted by Gasteiger charge is -2.09. The van der Waals surface area contributed by atoms with Crippen LogP contribution in [0.2, 0.25) is 0 Å². The molecule has 0 unspecified atom stereocenters. The number of rotatable bonds is 3. The van der Waals surface area contributed by atoms with E-state index in [9.17, 15) is 4.79 Å². The lowest BCUT2D eigenvalue weighted by molar-refractivity contribution is 0.102. The standard InChI is InChI=1S/C15H13BrN2OS/c1-9-2-7-12(16)8-13(9)18-15(19)11-5-3-10(4-6-11)14(17)20/h2-8H,1H3,(H2,17,20)(H,18,19). The minimum absolute atomic E-state index is 0.166. The number of hydrogen-bond acceptors (Lipinski definition) is 2. The third-order valence-electron chi connectivity index (χ3n) is 2.88. The van der Waals surface area contributed by atoms with Crippen LogP contribution in [-0.2, 0) is 0 Å². The molecule has 0 aliphatic carbocycles. The molecule has 3 N–H and O–H groups in total. The van der Waals surface area contributed by atoms with E-state index in [0.29, 0.717) is 10.6 Å². The van der Waals surface area contributed by atoms with Crippen molar-refractivity contribution in [2.24, 2.45) is 5.73 Å². The third-order valence-corrected chi connectivity index (χ3v) is 3.61. The molecular formula is C15H13BrN2OS. The van der Waals surface area contributed by atoms with Crippen molar-refractivity contribution in [2.45, 2.75) is 6.92 Å². The van der Waals surface area contributed by atoms with Crippen LogP contribution >= 0.6 is 28.1 Å². The van der Waals surface area contributed by atoms with Gasteiger partial charge >= 0.3 is 0 Å². The summed E-state index contributed by atoms with van der Waals surface area (Å²) in [5.74, 6) is -0.166. The smallest absolute Gasteiger partial charge is 0.255 e. The van der Waals surface area contributed by atoms with E-state index in [-0.39, 0.29) is 5.91 Å². The van der Waals surface area contributed by atoms with E-state index in [1.54, 1.807) is 24.3 Å². The van der Waals surface area contributed by atoms with Crippen molar-refractivity contribution in [2.75, 3.05) is 5.32 Å². The molecule has 2 rings (SSSR count). The zero-order valence-electron chi connectivity index (χ0n) is 10.8. The fraction of sp³-hybridized carbons (Fsp3) is 0.0667. The normalized spacial score (nSPS) is 10.1. The van der Waals surface area contributed by atoms with Crippen molar-refractivity contribution in [1.29, 1.82) is 0 Å². The minimum atomic E-state index is -0.166. The molecule has 0 saturated heterocycles. The van der Waals surface area contributed by atoms with E-state index in [2.05, 4.69) is 21.2 Å². The second-order valence-electron chi connectivity index (χ2n) is 4.35. The number of aryl methyl sites for hydroxylation is 1. The molecule has 0 heterocycles. The predicted octanol–water partition coefficient (Wildman–Crippen LogP) is 3.64. The summed E-state index contributed by atoms with van der Waals surface area (Å²) in [5, 5.41) is 2.88. The molecule has 2 aromatic carbocycles. The summed E-state index contributed by atoms with van der Waals surface area (Å²) in [7, 11) is 0. The van der Waals surface area contributed by atoms with Crippen molar-refractivity contribution in [1.82, 2.24) is 0 Å². The second-order valence-corrected chi connectivity index (χ2v) is 5.71. The highest BCUT2D eigenvalue weighted by Gasteiger charge is 2.08. The van der Waals surface area contributed by atoms with Crippen molar-refractivity contribution < 1.29 is 4.79 Å². The Morgan fingerprint density at radius 1 is 1.15 bits per heavy atom. The van der Waals surface area contributed by atoms with Gasteiger partial charge in [0.05, 0.1) is 0 Å². The Kier molecular flexibility index (Phi) is 4.52. The van der Waals surface area contributed by atoms with Gasteiger partial charge in [-0.1, -0.05) is 46.3 Å². The molecule has 2 aromatic rings. The third kappa shape index (κ3) is 3.43. The molecule has 0 fully saturated rings. The molecule has 0 aliphatic rings. The summed E-state index contributed by atoms with van der Waals surface area (Å²) in [6.07, 6.45) is 0. The van der Waals surface area contributed by atoms with Gasteiger partial charge in [0, 0.05) is 21.3 Å². The first-order valence-corrected chi connectivity index (χ1v) is 7.15. The van der Waals surface area contributed by atoms with Gasteiger partial charge in [-0.05, 0) is 36.8 Å². The van der Waals surface area contributed by atoms with Gasteiger partial charge < -0.3 is 11.1 Å². The van der Waals surface area contributed by atoms with Crippen molar-refractivity contribution in [3.63, 3.8) is 0 Å². The molecule has 0 bridgehead atoms. The number of nitrogens with two attached hydrogens (primary N) is 1. The second kappa shape index (κ2) is 6.15. The molecule has 0 aliphatic heterocycles. The van der Waals surface area contributed by atoms with Crippen LogP contribution in [0.1, 0.15) is 21.5 Å². The number of anilines is 1. The minimum Gasteiger partial charge on any atom is -0.389 e. The maximum absolute atomic E-state index is 12.2. The number of amides is 1. The number of carbonyl (C=O) groups excluding carboxylic acids is 1. The first kappa shape index (κ1) is 14.7. The monoisotopic (exact) mass is 348 g/mol. The van der Waals surface area contributed by atoms with Crippen LogP contribution in [0.15, 0.2) is 46.9 Å². The number of halogens is 1. The highest BCUT2D eigenvalue weighted by molar-refractivity contribution is 9.10. The van der Waals surface area contributed by atoms with Crippen molar-refractivity contribution in [3.8, 4) is 0 Å². The van der Waals surface area contributed by atoms with Gasteiger partial charge in [0.1, 0.15) is 4.99 Å². The maximum atomic E-state index is 12.2. The SMILES string of the molecule is Cc1ccc(Br)cc1NC(=O)c1ccc(C(N)=S)cc1. The zero-order chi connectivity index (χ0) is 14.7. The van der Waals surface area contributed by atoms with E-state index in [0.717, 1.165) is 21.3 Å². The summed E-state index contributed by atoms with van der Waals surface area (Å²) in [4.78, 5) is 12.5. The lowest BCUT2D eigenvalue weighted by atomic mass is 10.1. The van der Waals surface area contributed by atoms with Crippen molar-refractivity contribution in [3.05, 3.63) is 63.6 Å². The number of hydrogen-bond donors (Lipinski definition) is 2. The van der Waals surface area contributed by atoms with Crippen LogP contribution in [0.25, 0.3) is 0 Å². The topological polar surface area (TPSA) is 55.1 Å². The van der Waals surface area contributed by atoms with Crippen molar-refractivity contribution >= 4 is 44.7 Å². The van der Waals surface area contributed by atoms with Gasteiger partial charge in [0.15, 0.2) is 0 Å². The Morgan fingerprint density at radius 2 is 1.75 bits per heavy atom. The highest BCUT2D eigenvalue weighted by Crippen LogP contribution is 2.21. The van der Waals surface area contributed by atoms with Gasteiger partial charge in [0.2, 0.25) is 0 Å². The van der Waals surface area contributed by atoms with E-state index in [1.165, 1.54) is 0 Å². The summed E-state index contributed by atoms with van der Waals surface area (Å²) in [6.45, 7) is 1.94. The molecular weight excluding hydrogens is 336 g/mol. The maximum Gasteiger partial charge on any atom is 0.255 e. The van der Waals surface area contributed by atoms with E-state index < -0.39 is 0 Å². The first-order chi connectivity index (χ1) is 9.47. The molecule has 0 radical (unpaired) electrons. The van der Waals surface area contributed by atoms with Gasteiger partial charge in [-0.15, -0.1) is 0 Å². The Morgan fingerprint density at radius 3 is 2.35 bits per heavy atom. The fourth-order valence-electron chi connectivity index (χ4n) is 1.71. The largest absolute Gasteiger partial charge is 0.389 e. The quantitative estimate of drug-likeness (QED) is 0.832. The number of thiocarbonyl (C=S) groups is 1. The van der Waals surface area contributed by atoms with Crippen LogP contribution in [0.4, 0.5) is 5.69 Å². The van der Waals surface area contributed by atoms with E-state index >= 15 is 0 Å². The van der Waals surface area contributed by atoms with E-state index in [1.807, 2.05) is 25.1 Å². The number of nitrogens with one attached hydrogen (secondary N) is 1. The lowest BCUT2D eigenvalue weighted by Crippen LogP contribution is -2.14. The molecule has 0 atom stereocenters. The molecule has 102 valence electrons. The summed E-state index contributed by atoms with van der Waals surface area (Å²) >= 11 is 8.27. The zero-order valence-corrected chi connectivity index (χ0v) is 13.2. The molecule has 5 heteroatoms. The molecule has 1 amide bonds. The molecule has 3 nitrogen and oxygen atoms in total. The summed E-state index contributed by atoms with van der Waals surface area (Å²) < 4.78 is 0.919. The van der Waals surface area contributed by atoms with Gasteiger partial charge in [-0.2, -0.15) is 0 Å². The van der Waals surface area contributed by atoms with Crippen LogP contribution < -0.4 is 11.1 Å². The van der Waals surface area contributed by atoms with E-state index in [4.69, 9.17) is 18.0 Å². The summed E-state index contributed by atoms with van der Waals surface area (Å²) in [5.41, 5.74) is 8.61. The Bertz CT molecular complexity index is 668. The molecule has 0 saturated carbocycles. The number of carbonyl (C=O) groups is 1. The van der Waals surface area contributed by atoms with Crippen LogP contribution in [0, 0.1) is 6.92 Å².